The SMILES string of the molecule is O=C(Nc1nc2ccccc2s1)c1sccc1S(=O)(=O)NC1CC1. The number of carbonyl (C=O) groups excluding carboxylic acids is 1. The number of aromatic nitrogens is 1. The van der Waals surface area contributed by atoms with E-state index in [1.807, 2.05) is 24.3 Å². The number of nitrogens with one attached hydrogen (secondary N) is 2. The Kier molecular flexibility index (Phi) is 3.87. The minimum absolute atomic E-state index is 0.00456. The minimum Gasteiger partial charge on any atom is -0.297 e. The molecule has 124 valence electrons. The lowest BCUT2D eigenvalue weighted by molar-refractivity contribution is 0.102. The Bertz CT molecular complexity index is 986. The number of benzene rings is 1. The van der Waals surface area contributed by atoms with Gasteiger partial charge in [-0.15, -0.1) is 11.3 Å². The van der Waals surface area contributed by atoms with Crippen molar-refractivity contribution < 1.29 is 13.2 Å². The van der Waals surface area contributed by atoms with Crippen molar-refractivity contribution in [3.05, 3.63) is 40.6 Å². The van der Waals surface area contributed by atoms with Gasteiger partial charge in [-0.2, -0.15) is 0 Å². The molecule has 0 spiro atoms. The second kappa shape index (κ2) is 5.92. The van der Waals surface area contributed by atoms with Crippen LogP contribution in [0, 0.1) is 0 Å². The quantitative estimate of drug-likeness (QED) is 0.713. The van der Waals surface area contributed by atoms with Gasteiger partial charge >= 0.3 is 0 Å². The molecular formula is C15H13N3O3S3. The highest BCUT2D eigenvalue weighted by molar-refractivity contribution is 7.89. The van der Waals surface area contributed by atoms with Crippen LogP contribution < -0.4 is 10.0 Å². The molecule has 0 radical (unpaired) electrons. The van der Waals surface area contributed by atoms with Crippen LogP contribution in [0.5, 0.6) is 0 Å². The average molecular weight is 379 g/mol. The van der Waals surface area contributed by atoms with E-state index in [1.54, 1.807) is 5.38 Å². The summed E-state index contributed by atoms with van der Waals surface area (Å²) in [5.41, 5.74) is 0.798. The molecule has 0 unspecified atom stereocenters. The molecule has 2 heterocycles. The van der Waals surface area contributed by atoms with E-state index in [-0.39, 0.29) is 15.8 Å². The normalized spacial score (nSPS) is 14.8. The van der Waals surface area contributed by atoms with E-state index in [4.69, 9.17) is 0 Å². The van der Waals surface area contributed by atoms with Gasteiger partial charge in [-0.3, -0.25) is 10.1 Å². The molecule has 9 heteroatoms. The number of carbonyl (C=O) groups is 1. The highest BCUT2D eigenvalue weighted by atomic mass is 32.2. The number of hydrogen-bond donors (Lipinski definition) is 2. The summed E-state index contributed by atoms with van der Waals surface area (Å²) in [4.78, 5) is 17.0. The summed E-state index contributed by atoms with van der Waals surface area (Å²) in [6, 6.07) is 9.02. The molecule has 6 nitrogen and oxygen atoms in total. The third kappa shape index (κ3) is 3.07. The van der Waals surface area contributed by atoms with Crippen LogP contribution in [0.25, 0.3) is 10.2 Å². The lowest BCUT2D eigenvalue weighted by Crippen LogP contribution is -2.27. The van der Waals surface area contributed by atoms with Gasteiger partial charge in [0.1, 0.15) is 9.77 Å². The molecule has 0 bridgehead atoms. The van der Waals surface area contributed by atoms with Crippen molar-refractivity contribution in [1.82, 2.24) is 9.71 Å². The molecule has 0 saturated heterocycles. The first-order valence-electron chi connectivity index (χ1n) is 7.30. The Morgan fingerprint density at radius 2 is 2.00 bits per heavy atom. The Balaban J connectivity index is 1.59. The number of sulfonamides is 1. The Labute approximate surface area is 146 Å². The number of fused-ring (bicyclic) bond motifs is 1. The van der Waals surface area contributed by atoms with Crippen LogP contribution in [0.4, 0.5) is 5.13 Å². The van der Waals surface area contributed by atoms with Gasteiger partial charge in [-0.1, -0.05) is 23.5 Å². The lowest BCUT2D eigenvalue weighted by atomic mass is 10.3. The van der Waals surface area contributed by atoms with Crippen molar-refractivity contribution in [2.75, 3.05) is 5.32 Å². The van der Waals surface area contributed by atoms with E-state index in [0.29, 0.717) is 5.13 Å². The van der Waals surface area contributed by atoms with Crippen molar-refractivity contribution in [3.63, 3.8) is 0 Å². The summed E-state index contributed by atoms with van der Waals surface area (Å²) in [6.45, 7) is 0. The van der Waals surface area contributed by atoms with Gasteiger partial charge in [-0.25, -0.2) is 18.1 Å². The molecule has 1 saturated carbocycles. The Hall–Kier alpha value is -1.81. The zero-order chi connectivity index (χ0) is 16.7. The number of anilines is 1. The highest BCUT2D eigenvalue weighted by Gasteiger charge is 2.31. The molecule has 0 atom stereocenters. The van der Waals surface area contributed by atoms with E-state index < -0.39 is 15.9 Å². The zero-order valence-corrected chi connectivity index (χ0v) is 14.8. The molecule has 1 aliphatic rings. The fraction of sp³-hybridized carbons (Fsp3) is 0.200. The van der Waals surface area contributed by atoms with E-state index >= 15 is 0 Å². The van der Waals surface area contributed by atoms with Gasteiger partial charge < -0.3 is 0 Å². The van der Waals surface area contributed by atoms with Crippen LogP contribution >= 0.6 is 22.7 Å². The Morgan fingerprint density at radius 1 is 1.21 bits per heavy atom. The minimum atomic E-state index is -3.66. The predicted octanol–water partition coefficient (Wildman–Crippen LogP) is 3.05. The first kappa shape index (κ1) is 15.7. The fourth-order valence-corrected chi connectivity index (χ4v) is 5.73. The number of nitrogens with zero attached hydrogens (tertiary/aromatic N) is 1. The molecule has 1 amide bonds. The molecule has 1 aliphatic carbocycles. The summed E-state index contributed by atoms with van der Waals surface area (Å²) in [6.07, 6.45) is 1.69. The zero-order valence-electron chi connectivity index (χ0n) is 12.4. The van der Waals surface area contributed by atoms with Crippen LogP contribution in [0.3, 0.4) is 0 Å². The third-order valence-corrected chi connectivity index (χ3v) is 7.10. The number of thiophene rings is 1. The summed E-state index contributed by atoms with van der Waals surface area (Å²) < 4.78 is 28.3. The molecule has 2 aromatic heterocycles. The summed E-state index contributed by atoms with van der Waals surface area (Å²) in [5, 5.41) is 4.76. The number of para-hydroxylation sites is 1. The average Bonchev–Trinajstić information content (AvgIpc) is 3.05. The fourth-order valence-electron chi connectivity index (χ4n) is 2.24. The first-order chi connectivity index (χ1) is 11.5. The molecule has 2 N–H and O–H groups in total. The van der Waals surface area contributed by atoms with Gasteiger partial charge in [0.15, 0.2) is 5.13 Å². The number of amides is 1. The van der Waals surface area contributed by atoms with Crippen LogP contribution in [-0.4, -0.2) is 25.4 Å². The summed E-state index contributed by atoms with van der Waals surface area (Å²) in [5.74, 6) is -0.458. The van der Waals surface area contributed by atoms with Crippen LogP contribution in [0.1, 0.15) is 22.5 Å². The lowest BCUT2D eigenvalue weighted by Gasteiger charge is -2.06. The molecule has 0 aliphatic heterocycles. The van der Waals surface area contributed by atoms with Crippen LogP contribution in [-0.2, 0) is 10.0 Å². The smallest absolute Gasteiger partial charge is 0.268 e. The van der Waals surface area contributed by atoms with Gasteiger partial charge in [0.2, 0.25) is 10.0 Å². The standard InChI is InChI=1S/C15H13N3O3S3/c19-14(17-15-16-10-3-1-2-4-11(10)23-15)13-12(7-8-22-13)24(20,21)18-9-5-6-9/h1-4,7-9,18H,5-6H2,(H,16,17,19). The number of thiazole rings is 1. The predicted molar refractivity (Wildman–Crippen MR) is 95.2 cm³/mol. The van der Waals surface area contributed by atoms with Crippen molar-refractivity contribution in [2.24, 2.45) is 0 Å². The largest absolute Gasteiger partial charge is 0.297 e. The molecule has 1 fully saturated rings. The molecule has 24 heavy (non-hydrogen) atoms. The third-order valence-electron chi connectivity index (χ3n) is 3.54. The van der Waals surface area contributed by atoms with Gasteiger partial charge in [-0.05, 0) is 36.4 Å². The maximum atomic E-state index is 12.5. The van der Waals surface area contributed by atoms with E-state index in [0.717, 1.165) is 34.4 Å². The number of hydrogen-bond acceptors (Lipinski definition) is 6. The monoisotopic (exact) mass is 379 g/mol. The van der Waals surface area contributed by atoms with Crippen molar-refractivity contribution in [3.8, 4) is 0 Å². The van der Waals surface area contributed by atoms with E-state index in [9.17, 15) is 13.2 Å². The van der Waals surface area contributed by atoms with Crippen molar-refractivity contribution >= 4 is 54.0 Å². The van der Waals surface area contributed by atoms with Crippen LogP contribution in [0.15, 0.2) is 40.6 Å². The van der Waals surface area contributed by atoms with Crippen molar-refractivity contribution in [1.29, 1.82) is 0 Å². The van der Waals surface area contributed by atoms with Crippen LogP contribution in [0.2, 0.25) is 0 Å². The molecule has 4 rings (SSSR count). The molecule has 3 aromatic rings. The molecular weight excluding hydrogens is 366 g/mol. The second-order valence-corrected chi connectivity index (χ2v) is 9.08. The maximum Gasteiger partial charge on any atom is 0.268 e. The first-order valence-corrected chi connectivity index (χ1v) is 10.5. The van der Waals surface area contributed by atoms with Gasteiger partial charge in [0, 0.05) is 6.04 Å². The maximum absolute atomic E-state index is 12.5. The highest BCUT2D eigenvalue weighted by Crippen LogP contribution is 2.29. The van der Waals surface area contributed by atoms with E-state index in [1.165, 1.54) is 17.4 Å². The number of rotatable bonds is 5. The topological polar surface area (TPSA) is 88.2 Å². The summed E-state index contributed by atoms with van der Waals surface area (Å²) in [7, 11) is -3.66. The van der Waals surface area contributed by atoms with E-state index in [2.05, 4.69) is 15.0 Å². The summed E-state index contributed by atoms with van der Waals surface area (Å²) >= 11 is 2.46. The Morgan fingerprint density at radius 3 is 2.75 bits per heavy atom. The van der Waals surface area contributed by atoms with Gasteiger partial charge in [0.25, 0.3) is 5.91 Å². The second-order valence-electron chi connectivity index (χ2n) is 5.45. The molecule has 1 aromatic carbocycles. The van der Waals surface area contributed by atoms with Crippen molar-refractivity contribution in [2.45, 2.75) is 23.8 Å². The van der Waals surface area contributed by atoms with Gasteiger partial charge in [0.05, 0.1) is 10.2 Å².